The van der Waals surface area contributed by atoms with E-state index in [4.69, 9.17) is 11.6 Å². The molecule has 1 aromatic carbocycles. The lowest BCUT2D eigenvalue weighted by atomic mass is 9.85. The molecule has 0 atom stereocenters. The summed E-state index contributed by atoms with van der Waals surface area (Å²) in [5.74, 6) is -0.585. The number of amides is 2. The number of rotatable bonds is 5. The molecule has 1 fully saturated rings. The fourth-order valence-corrected chi connectivity index (χ4v) is 3.84. The highest BCUT2D eigenvalue weighted by molar-refractivity contribution is 6.30. The molecule has 2 amide bonds. The molecule has 0 bridgehead atoms. The van der Waals surface area contributed by atoms with E-state index in [0.29, 0.717) is 42.2 Å². The maximum Gasteiger partial charge on any atom is 0.270 e. The molecule has 3 aromatic rings. The molecule has 9 heteroatoms. The van der Waals surface area contributed by atoms with Crippen LogP contribution in [0.25, 0.3) is 5.69 Å². The number of nitrogens with one attached hydrogen (secondary N) is 2. The fourth-order valence-electron chi connectivity index (χ4n) is 3.68. The lowest BCUT2D eigenvalue weighted by molar-refractivity contribution is -0.120. The lowest BCUT2D eigenvalue weighted by Gasteiger charge is -2.28. The number of para-hydroxylation sites is 1. The van der Waals surface area contributed by atoms with Gasteiger partial charge in [-0.05, 0) is 49.9 Å². The topological polar surface area (TPSA) is 88.9 Å². The first-order chi connectivity index (χ1) is 15.0. The third-order valence-corrected chi connectivity index (χ3v) is 5.56. The number of hydrogen-bond donors (Lipinski definition) is 2. The van der Waals surface area contributed by atoms with Crippen LogP contribution in [0.15, 0.2) is 54.9 Å². The van der Waals surface area contributed by atoms with E-state index in [1.807, 2.05) is 0 Å². The van der Waals surface area contributed by atoms with E-state index in [-0.39, 0.29) is 29.5 Å². The van der Waals surface area contributed by atoms with Crippen molar-refractivity contribution in [2.45, 2.75) is 31.7 Å². The number of halogens is 2. The van der Waals surface area contributed by atoms with Crippen LogP contribution in [-0.4, -0.2) is 32.6 Å². The van der Waals surface area contributed by atoms with Crippen LogP contribution in [-0.2, 0) is 4.79 Å². The number of carbonyl (C=O) groups is 2. The first-order valence-electron chi connectivity index (χ1n) is 10.0. The number of anilines is 1. The van der Waals surface area contributed by atoms with Gasteiger partial charge in [-0.25, -0.2) is 9.07 Å². The predicted molar refractivity (Wildman–Crippen MR) is 115 cm³/mol. The highest BCUT2D eigenvalue weighted by Crippen LogP contribution is 2.26. The molecule has 1 aliphatic carbocycles. The summed E-state index contributed by atoms with van der Waals surface area (Å²) >= 11 is 5.91. The van der Waals surface area contributed by atoms with Gasteiger partial charge in [0.25, 0.3) is 5.91 Å². The van der Waals surface area contributed by atoms with E-state index in [9.17, 15) is 14.0 Å². The van der Waals surface area contributed by atoms with Crippen molar-refractivity contribution in [1.82, 2.24) is 20.1 Å². The van der Waals surface area contributed by atoms with Crippen LogP contribution in [0.1, 0.15) is 36.2 Å². The van der Waals surface area contributed by atoms with Gasteiger partial charge >= 0.3 is 0 Å². The van der Waals surface area contributed by atoms with Crippen molar-refractivity contribution in [3.8, 4) is 5.69 Å². The van der Waals surface area contributed by atoms with Crippen LogP contribution < -0.4 is 10.6 Å². The molecule has 4 rings (SSSR count). The molecule has 0 unspecified atom stereocenters. The molecule has 0 spiro atoms. The second kappa shape index (κ2) is 9.26. The third-order valence-electron chi connectivity index (χ3n) is 5.33. The van der Waals surface area contributed by atoms with E-state index in [2.05, 4.69) is 20.7 Å². The minimum Gasteiger partial charge on any atom is -0.348 e. The lowest BCUT2D eigenvalue weighted by Crippen LogP contribution is -2.39. The van der Waals surface area contributed by atoms with E-state index in [1.165, 1.54) is 23.0 Å². The Labute approximate surface area is 183 Å². The van der Waals surface area contributed by atoms with Gasteiger partial charge in [0, 0.05) is 35.4 Å². The van der Waals surface area contributed by atoms with E-state index in [0.717, 1.165) is 0 Å². The number of aromatic nitrogens is 3. The monoisotopic (exact) mass is 441 g/mol. The summed E-state index contributed by atoms with van der Waals surface area (Å²) in [5.41, 5.74) is 0.589. The summed E-state index contributed by atoms with van der Waals surface area (Å²) in [7, 11) is 0. The largest absolute Gasteiger partial charge is 0.348 e. The number of pyridine rings is 1. The molecule has 2 heterocycles. The first kappa shape index (κ1) is 21.0. The summed E-state index contributed by atoms with van der Waals surface area (Å²) in [6.07, 6.45) is 5.76. The van der Waals surface area contributed by atoms with Gasteiger partial charge in [-0.15, -0.1) is 5.10 Å². The van der Waals surface area contributed by atoms with Crippen LogP contribution >= 0.6 is 11.6 Å². The summed E-state index contributed by atoms with van der Waals surface area (Å²) in [4.78, 5) is 29.0. The van der Waals surface area contributed by atoms with E-state index in [1.54, 1.807) is 36.5 Å². The van der Waals surface area contributed by atoms with Gasteiger partial charge in [-0.1, -0.05) is 23.7 Å². The highest BCUT2D eigenvalue weighted by atomic mass is 35.5. The van der Waals surface area contributed by atoms with Gasteiger partial charge in [0.15, 0.2) is 5.82 Å². The second-order valence-corrected chi connectivity index (χ2v) is 7.90. The average molecular weight is 442 g/mol. The number of carbonyl (C=O) groups excluding carboxylic acids is 2. The second-order valence-electron chi connectivity index (χ2n) is 7.47. The predicted octanol–water partition coefficient (Wildman–Crippen LogP) is 3.99. The maximum absolute atomic E-state index is 13.9. The Kier molecular flexibility index (Phi) is 6.27. The quantitative estimate of drug-likeness (QED) is 0.626. The van der Waals surface area contributed by atoms with Crippen LogP contribution in [0.5, 0.6) is 0 Å². The Morgan fingerprint density at radius 2 is 1.87 bits per heavy atom. The zero-order valence-corrected chi connectivity index (χ0v) is 17.3. The van der Waals surface area contributed by atoms with Gasteiger partial charge in [0.1, 0.15) is 17.2 Å². The van der Waals surface area contributed by atoms with Crippen LogP contribution in [0.3, 0.4) is 0 Å². The Bertz CT molecular complexity index is 1090. The molecule has 31 heavy (non-hydrogen) atoms. The molecule has 1 saturated carbocycles. The Hall–Kier alpha value is -3.26. The Balaban J connectivity index is 1.29. The van der Waals surface area contributed by atoms with Crippen LogP contribution in [0, 0.1) is 11.7 Å². The molecule has 7 nitrogen and oxygen atoms in total. The molecule has 1 aliphatic rings. The summed E-state index contributed by atoms with van der Waals surface area (Å²) in [5, 5.41) is 10.5. The zero-order chi connectivity index (χ0) is 21.8. The van der Waals surface area contributed by atoms with Gasteiger partial charge in [0.2, 0.25) is 5.91 Å². The van der Waals surface area contributed by atoms with Crippen LogP contribution in [0.2, 0.25) is 5.02 Å². The molecule has 2 N–H and O–H groups in total. The Morgan fingerprint density at radius 1 is 1.10 bits per heavy atom. The highest BCUT2D eigenvalue weighted by Gasteiger charge is 2.28. The number of hydrogen-bond acceptors (Lipinski definition) is 4. The minimum atomic E-state index is -0.392. The van der Waals surface area contributed by atoms with E-state index < -0.39 is 5.82 Å². The average Bonchev–Trinajstić information content (AvgIpc) is 3.22. The van der Waals surface area contributed by atoms with Crippen molar-refractivity contribution >= 4 is 29.2 Å². The van der Waals surface area contributed by atoms with E-state index >= 15 is 0 Å². The molecule has 0 aliphatic heterocycles. The van der Waals surface area contributed by atoms with Crippen molar-refractivity contribution < 1.29 is 14.0 Å². The van der Waals surface area contributed by atoms with Gasteiger partial charge in [-0.3, -0.25) is 14.6 Å². The minimum absolute atomic E-state index is 0.0161. The zero-order valence-electron chi connectivity index (χ0n) is 16.6. The standard InChI is InChI=1S/C22H21ClFN5O2/c23-15-9-11-25-18(13-15)22(31)26-16-7-5-14(6-8-16)21(30)27-20-10-12-29(28-20)19-4-2-1-3-17(19)24/h1-4,9-14,16H,5-8H2,(H,26,31)(H,27,28,30)/t14-,16+. The van der Waals surface area contributed by atoms with Crippen molar-refractivity contribution in [2.75, 3.05) is 5.32 Å². The normalized spacial score (nSPS) is 18.4. The molecular weight excluding hydrogens is 421 g/mol. The SMILES string of the molecule is O=C(N[C@H]1CC[C@@H](C(=O)Nc2ccn(-c3ccccc3F)n2)CC1)c1cc(Cl)ccn1. The Morgan fingerprint density at radius 3 is 2.61 bits per heavy atom. The van der Waals surface area contributed by atoms with Crippen molar-refractivity contribution in [3.63, 3.8) is 0 Å². The summed E-state index contributed by atoms with van der Waals surface area (Å²) in [6, 6.07) is 11.1. The van der Waals surface area contributed by atoms with Crippen molar-refractivity contribution in [1.29, 1.82) is 0 Å². The molecule has 0 radical (unpaired) electrons. The van der Waals surface area contributed by atoms with Crippen molar-refractivity contribution in [3.05, 3.63) is 71.4 Å². The summed E-state index contributed by atoms with van der Waals surface area (Å²) < 4.78 is 15.3. The fraction of sp³-hybridized carbons (Fsp3) is 0.273. The molecule has 2 aromatic heterocycles. The summed E-state index contributed by atoms with van der Waals surface area (Å²) in [6.45, 7) is 0. The number of benzene rings is 1. The third kappa shape index (κ3) is 5.08. The molecule has 0 saturated heterocycles. The maximum atomic E-state index is 13.9. The molecule has 160 valence electrons. The van der Waals surface area contributed by atoms with Crippen LogP contribution in [0.4, 0.5) is 10.2 Å². The van der Waals surface area contributed by atoms with Gasteiger partial charge in [-0.2, -0.15) is 0 Å². The molecular formula is C22H21ClFN5O2. The van der Waals surface area contributed by atoms with Gasteiger partial charge < -0.3 is 10.6 Å². The number of nitrogens with zero attached hydrogens (tertiary/aromatic N) is 3. The first-order valence-corrected chi connectivity index (χ1v) is 10.4. The smallest absolute Gasteiger partial charge is 0.270 e. The van der Waals surface area contributed by atoms with Gasteiger partial charge in [0.05, 0.1) is 0 Å². The van der Waals surface area contributed by atoms with Crippen molar-refractivity contribution in [2.24, 2.45) is 5.92 Å².